The molecule has 6 nitrogen and oxygen atoms in total. The lowest BCUT2D eigenvalue weighted by Crippen LogP contribution is -2.32. The molecule has 1 saturated heterocycles. The Bertz CT molecular complexity index is 841. The highest BCUT2D eigenvalue weighted by molar-refractivity contribution is 5.96. The number of carbonyl (C=O) groups is 2. The summed E-state index contributed by atoms with van der Waals surface area (Å²) in [5.74, 6) is -0.150. The smallest absolute Gasteiger partial charge is 0.319 e. The average molecular weight is 371 g/mol. The summed E-state index contributed by atoms with van der Waals surface area (Å²) in [5.41, 5.74) is 2.43. The van der Waals surface area contributed by atoms with Crippen LogP contribution in [0.2, 0.25) is 0 Å². The minimum absolute atomic E-state index is 0.131. The lowest BCUT2D eigenvalue weighted by atomic mass is 10.1. The Morgan fingerprint density at radius 3 is 2.78 bits per heavy atom. The van der Waals surface area contributed by atoms with Crippen LogP contribution in [0.15, 0.2) is 42.5 Å². The third kappa shape index (κ3) is 4.75. The molecule has 0 radical (unpaired) electrons. The predicted octanol–water partition coefficient (Wildman–Crippen LogP) is 3.46. The highest BCUT2D eigenvalue weighted by Gasteiger charge is 2.22. The van der Waals surface area contributed by atoms with E-state index in [4.69, 9.17) is 4.74 Å². The number of halogens is 1. The van der Waals surface area contributed by atoms with Crippen molar-refractivity contribution in [2.75, 3.05) is 29.9 Å². The summed E-state index contributed by atoms with van der Waals surface area (Å²) in [5, 5.41) is 5.39. The van der Waals surface area contributed by atoms with Gasteiger partial charge in [-0.1, -0.05) is 12.1 Å². The quantitative estimate of drug-likeness (QED) is 0.764. The van der Waals surface area contributed by atoms with Gasteiger partial charge in [-0.05, 0) is 49.2 Å². The molecule has 142 valence electrons. The number of ether oxygens (including phenoxy) is 1. The van der Waals surface area contributed by atoms with Crippen LogP contribution in [0.1, 0.15) is 18.4 Å². The van der Waals surface area contributed by atoms with E-state index in [9.17, 15) is 14.0 Å². The second-order valence-corrected chi connectivity index (χ2v) is 6.31. The van der Waals surface area contributed by atoms with Gasteiger partial charge >= 0.3 is 6.03 Å². The van der Waals surface area contributed by atoms with Gasteiger partial charge in [0, 0.05) is 24.3 Å². The van der Waals surface area contributed by atoms with E-state index in [1.54, 1.807) is 23.1 Å². The number of urea groups is 1. The molecule has 0 atom stereocenters. The monoisotopic (exact) mass is 371 g/mol. The van der Waals surface area contributed by atoms with E-state index in [-0.39, 0.29) is 30.8 Å². The molecular weight excluding hydrogens is 349 g/mol. The SMILES string of the molecule is Cc1cc(NC(=O)NCCOc2ccccc2F)ccc1N1CCCC1=O. The van der Waals surface area contributed by atoms with E-state index in [2.05, 4.69) is 10.6 Å². The minimum Gasteiger partial charge on any atom is -0.489 e. The molecule has 2 aromatic carbocycles. The highest BCUT2D eigenvalue weighted by atomic mass is 19.1. The van der Waals surface area contributed by atoms with Crippen LogP contribution in [-0.2, 0) is 4.79 Å². The zero-order chi connectivity index (χ0) is 19.2. The number of nitrogens with one attached hydrogen (secondary N) is 2. The number of para-hydroxylation sites is 1. The van der Waals surface area contributed by atoms with Crippen molar-refractivity contribution >= 4 is 23.3 Å². The topological polar surface area (TPSA) is 70.7 Å². The van der Waals surface area contributed by atoms with Crippen molar-refractivity contribution in [1.82, 2.24) is 5.32 Å². The lowest BCUT2D eigenvalue weighted by Gasteiger charge is -2.19. The average Bonchev–Trinajstić information content (AvgIpc) is 3.06. The molecule has 0 aromatic heterocycles. The van der Waals surface area contributed by atoms with E-state index in [1.807, 2.05) is 19.1 Å². The first-order chi connectivity index (χ1) is 13.0. The van der Waals surface area contributed by atoms with Gasteiger partial charge < -0.3 is 20.3 Å². The molecule has 0 spiro atoms. The first-order valence-electron chi connectivity index (χ1n) is 8.88. The van der Waals surface area contributed by atoms with Crippen LogP contribution in [0.4, 0.5) is 20.6 Å². The standard InChI is InChI=1S/C20H22FN3O3/c1-14-13-15(8-9-17(14)24-11-4-7-19(24)25)23-20(26)22-10-12-27-18-6-3-2-5-16(18)21/h2-3,5-6,8-9,13H,4,7,10-12H2,1H3,(H2,22,23,26). The third-order valence-electron chi connectivity index (χ3n) is 4.30. The molecular formula is C20H22FN3O3. The summed E-state index contributed by atoms with van der Waals surface area (Å²) in [6.45, 7) is 3.03. The van der Waals surface area contributed by atoms with Crippen LogP contribution in [0, 0.1) is 12.7 Å². The van der Waals surface area contributed by atoms with E-state index >= 15 is 0 Å². The van der Waals surface area contributed by atoms with Gasteiger partial charge in [-0.2, -0.15) is 0 Å². The number of hydrogen-bond acceptors (Lipinski definition) is 3. The van der Waals surface area contributed by atoms with Crippen LogP contribution < -0.4 is 20.3 Å². The van der Waals surface area contributed by atoms with Gasteiger partial charge in [0.2, 0.25) is 5.91 Å². The third-order valence-corrected chi connectivity index (χ3v) is 4.30. The van der Waals surface area contributed by atoms with Crippen LogP contribution in [0.3, 0.4) is 0 Å². The van der Waals surface area contributed by atoms with E-state index in [0.717, 1.165) is 24.2 Å². The molecule has 3 amide bonds. The summed E-state index contributed by atoms with van der Waals surface area (Å²) < 4.78 is 18.7. The van der Waals surface area contributed by atoms with Crippen molar-refractivity contribution in [3.8, 4) is 5.75 Å². The number of carbonyl (C=O) groups excluding carboxylic acids is 2. The molecule has 2 N–H and O–H groups in total. The number of benzene rings is 2. The number of anilines is 2. The van der Waals surface area contributed by atoms with Gasteiger partial charge in [0.1, 0.15) is 6.61 Å². The predicted molar refractivity (Wildman–Crippen MR) is 102 cm³/mol. The molecule has 2 aromatic rings. The highest BCUT2D eigenvalue weighted by Crippen LogP contribution is 2.27. The maximum absolute atomic E-state index is 13.4. The first-order valence-corrected chi connectivity index (χ1v) is 8.88. The maximum atomic E-state index is 13.4. The van der Waals surface area contributed by atoms with E-state index in [0.29, 0.717) is 12.1 Å². The Hall–Kier alpha value is -3.09. The Balaban J connectivity index is 1.47. The number of nitrogens with zero attached hydrogens (tertiary/aromatic N) is 1. The molecule has 0 unspecified atom stereocenters. The van der Waals surface area contributed by atoms with Crippen LogP contribution >= 0.6 is 0 Å². The summed E-state index contributed by atoms with van der Waals surface area (Å²) >= 11 is 0. The van der Waals surface area contributed by atoms with Gasteiger partial charge in [0.25, 0.3) is 0 Å². The van der Waals surface area contributed by atoms with Gasteiger partial charge in [0.05, 0.1) is 6.54 Å². The zero-order valence-corrected chi connectivity index (χ0v) is 15.1. The van der Waals surface area contributed by atoms with Crippen molar-refractivity contribution < 1.29 is 18.7 Å². The molecule has 1 heterocycles. The molecule has 3 rings (SSSR count). The molecule has 0 bridgehead atoms. The number of hydrogen-bond donors (Lipinski definition) is 2. The first kappa shape index (κ1) is 18.7. The second-order valence-electron chi connectivity index (χ2n) is 6.31. The molecule has 27 heavy (non-hydrogen) atoms. The lowest BCUT2D eigenvalue weighted by molar-refractivity contribution is -0.117. The number of rotatable bonds is 6. The molecule has 7 heteroatoms. The summed E-state index contributed by atoms with van der Waals surface area (Å²) in [6, 6.07) is 11.2. The number of amides is 3. The molecule has 1 aliphatic heterocycles. The Morgan fingerprint density at radius 1 is 1.26 bits per heavy atom. The molecule has 1 fully saturated rings. The van der Waals surface area contributed by atoms with Gasteiger partial charge in [0.15, 0.2) is 11.6 Å². The van der Waals surface area contributed by atoms with E-state index < -0.39 is 5.82 Å². The fraction of sp³-hybridized carbons (Fsp3) is 0.300. The summed E-state index contributed by atoms with van der Waals surface area (Å²) in [7, 11) is 0. The second kappa shape index (κ2) is 8.53. The van der Waals surface area contributed by atoms with Gasteiger partial charge in [-0.15, -0.1) is 0 Å². The molecule has 1 aliphatic rings. The fourth-order valence-electron chi connectivity index (χ4n) is 3.00. The number of aryl methyl sites for hydroxylation is 1. The van der Waals surface area contributed by atoms with Crippen molar-refractivity contribution in [1.29, 1.82) is 0 Å². The summed E-state index contributed by atoms with van der Waals surface area (Å²) in [4.78, 5) is 25.6. The molecule has 0 aliphatic carbocycles. The largest absolute Gasteiger partial charge is 0.489 e. The van der Waals surface area contributed by atoms with Crippen LogP contribution in [-0.4, -0.2) is 31.6 Å². The van der Waals surface area contributed by atoms with Crippen molar-refractivity contribution in [3.05, 3.63) is 53.8 Å². The van der Waals surface area contributed by atoms with Gasteiger partial charge in [-0.25, -0.2) is 9.18 Å². The Morgan fingerprint density at radius 2 is 2.07 bits per heavy atom. The van der Waals surface area contributed by atoms with Crippen molar-refractivity contribution in [3.63, 3.8) is 0 Å². The molecule has 0 saturated carbocycles. The van der Waals surface area contributed by atoms with E-state index in [1.165, 1.54) is 12.1 Å². The van der Waals surface area contributed by atoms with Gasteiger partial charge in [-0.3, -0.25) is 4.79 Å². The maximum Gasteiger partial charge on any atom is 0.319 e. The minimum atomic E-state index is -0.436. The Kier molecular flexibility index (Phi) is 5.90. The van der Waals surface area contributed by atoms with Crippen molar-refractivity contribution in [2.45, 2.75) is 19.8 Å². The fourth-order valence-corrected chi connectivity index (χ4v) is 3.00. The summed E-state index contributed by atoms with van der Waals surface area (Å²) in [6.07, 6.45) is 1.45. The normalized spacial score (nSPS) is 13.6. The Labute approximate surface area is 157 Å². The zero-order valence-electron chi connectivity index (χ0n) is 15.1. The van der Waals surface area contributed by atoms with Crippen LogP contribution in [0.5, 0.6) is 5.75 Å². The van der Waals surface area contributed by atoms with Crippen LogP contribution in [0.25, 0.3) is 0 Å². The van der Waals surface area contributed by atoms with Crippen molar-refractivity contribution in [2.24, 2.45) is 0 Å².